The zero-order chi connectivity index (χ0) is 13.1. The highest BCUT2D eigenvalue weighted by Crippen LogP contribution is 2.28. The van der Waals surface area contributed by atoms with Crippen molar-refractivity contribution in [3.05, 3.63) is 57.6 Å². The molecule has 2 rings (SSSR count). The minimum absolute atomic E-state index is 0.772. The number of hydrogen-bond acceptors (Lipinski definition) is 1. The molecule has 0 radical (unpaired) electrons. The summed E-state index contributed by atoms with van der Waals surface area (Å²) in [5.74, 6) is 0. The van der Waals surface area contributed by atoms with E-state index in [9.17, 15) is 0 Å². The highest BCUT2D eigenvalue weighted by molar-refractivity contribution is 6.32. The normalized spacial score (nSPS) is 10.7. The molecule has 0 atom stereocenters. The molecule has 0 amide bonds. The van der Waals surface area contributed by atoms with Gasteiger partial charge in [-0.25, -0.2) is 0 Å². The van der Waals surface area contributed by atoms with Crippen molar-refractivity contribution in [2.45, 2.75) is 13.5 Å². The minimum atomic E-state index is 0.772. The Morgan fingerprint density at radius 2 is 1.56 bits per heavy atom. The van der Waals surface area contributed by atoms with Gasteiger partial charge in [0, 0.05) is 16.6 Å². The molecule has 0 bridgehead atoms. The monoisotopic (exact) mass is 279 g/mol. The lowest BCUT2D eigenvalue weighted by Crippen LogP contribution is -2.05. The molecule has 2 aromatic rings. The predicted molar refractivity (Wildman–Crippen MR) is 79.4 cm³/mol. The number of benzene rings is 2. The molecule has 3 heteroatoms. The van der Waals surface area contributed by atoms with Crippen LogP contribution in [0.4, 0.5) is 0 Å². The summed E-state index contributed by atoms with van der Waals surface area (Å²) < 4.78 is 0. The Morgan fingerprint density at radius 3 is 2.11 bits per heavy atom. The molecule has 0 aliphatic carbocycles. The Hall–Kier alpha value is -1.02. The SMILES string of the molecule is CNCc1ccc(-c2ccc(C)c(Cl)c2)cc1Cl. The molecule has 0 unspecified atom stereocenters. The van der Waals surface area contributed by atoms with Crippen molar-refractivity contribution in [3.63, 3.8) is 0 Å². The van der Waals surface area contributed by atoms with E-state index in [1.165, 1.54) is 0 Å². The molecule has 0 aromatic heterocycles. The van der Waals surface area contributed by atoms with E-state index in [2.05, 4.69) is 17.4 Å². The summed E-state index contributed by atoms with van der Waals surface area (Å²) in [5, 5.41) is 4.65. The van der Waals surface area contributed by atoms with Crippen LogP contribution in [0.1, 0.15) is 11.1 Å². The maximum absolute atomic E-state index is 6.26. The van der Waals surface area contributed by atoms with Crippen molar-refractivity contribution in [3.8, 4) is 11.1 Å². The zero-order valence-corrected chi connectivity index (χ0v) is 11.9. The first-order valence-corrected chi connectivity index (χ1v) is 6.57. The summed E-state index contributed by atoms with van der Waals surface area (Å²) in [7, 11) is 1.91. The summed E-state index contributed by atoms with van der Waals surface area (Å²) in [6.07, 6.45) is 0. The quantitative estimate of drug-likeness (QED) is 0.860. The van der Waals surface area contributed by atoms with Gasteiger partial charge in [-0.15, -0.1) is 0 Å². The van der Waals surface area contributed by atoms with Gasteiger partial charge in [-0.3, -0.25) is 0 Å². The average molecular weight is 280 g/mol. The van der Waals surface area contributed by atoms with E-state index in [0.717, 1.165) is 38.8 Å². The minimum Gasteiger partial charge on any atom is -0.316 e. The number of hydrogen-bond donors (Lipinski definition) is 1. The number of halogens is 2. The molecule has 0 heterocycles. The van der Waals surface area contributed by atoms with E-state index >= 15 is 0 Å². The van der Waals surface area contributed by atoms with Gasteiger partial charge in [-0.2, -0.15) is 0 Å². The molecule has 1 N–H and O–H groups in total. The van der Waals surface area contributed by atoms with E-state index in [-0.39, 0.29) is 0 Å². The molecule has 0 spiro atoms. The van der Waals surface area contributed by atoms with Crippen LogP contribution in [-0.2, 0) is 6.54 Å². The zero-order valence-electron chi connectivity index (χ0n) is 10.4. The topological polar surface area (TPSA) is 12.0 Å². The molecule has 0 aliphatic rings. The second kappa shape index (κ2) is 5.75. The van der Waals surface area contributed by atoms with Gasteiger partial charge in [0.1, 0.15) is 0 Å². The summed E-state index contributed by atoms with van der Waals surface area (Å²) in [6.45, 7) is 2.77. The Kier molecular flexibility index (Phi) is 4.28. The fourth-order valence-electron chi connectivity index (χ4n) is 1.83. The standard InChI is InChI=1S/C15H15Cl2N/c1-10-3-4-11(7-14(10)16)12-5-6-13(9-18-2)15(17)8-12/h3-8,18H,9H2,1-2H3. The van der Waals surface area contributed by atoms with E-state index < -0.39 is 0 Å². The lowest BCUT2D eigenvalue weighted by molar-refractivity contribution is 0.818. The first-order valence-electron chi connectivity index (χ1n) is 5.81. The van der Waals surface area contributed by atoms with Crippen LogP contribution >= 0.6 is 23.2 Å². The summed E-state index contributed by atoms with van der Waals surface area (Å²) in [4.78, 5) is 0. The predicted octanol–water partition coefficient (Wildman–Crippen LogP) is 4.69. The first kappa shape index (κ1) is 13.4. The van der Waals surface area contributed by atoms with E-state index in [1.807, 2.05) is 38.2 Å². The van der Waals surface area contributed by atoms with Crippen molar-refractivity contribution in [2.24, 2.45) is 0 Å². The largest absolute Gasteiger partial charge is 0.316 e. The highest BCUT2D eigenvalue weighted by atomic mass is 35.5. The lowest BCUT2D eigenvalue weighted by atomic mass is 10.0. The van der Waals surface area contributed by atoms with Crippen LogP contribution in [0.3, 0.4) is 0 Å². The molecule has 18 heavy (non-hydrogen) atoms. The van der Waals surface area contributed by atoms with Crippen molar-refractivity contribution in [1.82, 2.24) is 5.32 Å². The van der Waals surface area contributed by atoms with Crippen LogP contribution < -0.4 is 5.32 Å². The van der Waals surface area contributed by atoms with E-state index in [0.29, 0.717) is 0 Å². The third-order valence-corrected chi connectivity index (χ3v) is 3.68. The fourth-order valence-corrected chi connectivity index (χ4v) is 2.26. The third-order valence-electron chi connectivity index (χ3n) is 2.93. The summed E-state index contributed by atoms with van der Waals surface area (Å²) in [6, 6.07) is 12.1. The molecular formula is C15H15Cl2N. The van der Waals surface area contributed by atoms with Gasteiger partial charge in [0.25, 0.3) is 0 Å². The van der Waals surface area contributed by atoms with E-state index in [4.69, 9.17) is 23.2 Å². The second-order valence-corrected chi connectivity index (χ2v) is 5.11. The number of nitrogens with one attached hydrogen (secondary N) is 1. The Bertz CT molecular complexity index is 564. The van der Waals surface area contributed by atoms with Crippen molar-refractivity contribution >= 4 is 23.2 Å². The summed E-state index contributed by atoms with van der Waals surface area (Å²) >= 11 is 12.4. The van der Waals surface area contributed by atoms with Crippen LogP contribution in [0, 0.1) is 6.92 Å². The molecule has 94 valence electrons. The average Bonchev–Trinajstić information content (AvgIpc) is 2.35. The Labute approximate surface area is 118 Å². The fraction of sp³-hybridized carbons (Fsp3) is 0.200. The lowest BCUT2D eigenvalue weighted by Gasteiger charge is -2.08. The van der Waals surface area contributed by atoms with Crippen LogP contribution in [0.25, 0.3) is 11.1 Å². The molecule has 0 fully saturated rings. The molecular weight excluding hydrogens is 265 g/mol. The molecule has 2 aromatic carbocycles. The second-order valence-electron chi connectivity index (χ2n) is 4.30. The van der Waals surface area contributed by atoms with E-state index in [1.54, 1.807) is 0 Å². The van der Waals surface area contributed by atoms with Crippen LogP contribution in [-0.4, -0.2) is 7.05 Å². The van der Waals surface area contributed by atoms with Gasteiger partial charge in [-0.1, -0.05) is 47.5 Å². The van der Waals surface area contributed by atoms with Crippen molar-refractivity contribution in [2.75, 3.05) is 7.05 Å². The number of rotatable bonds is 3. The van der Waals surface area contributed by atoms with Gasteiger partial charge >= 0.3 is 0 Å². The Morgan fingerprint density at radius 1 is 0.944 bits per heavy atom. The van der Waals surface area contributed by atoms with Gasteiger partial charge in [0.15, 0.2) is 0 Å². The van der Waals surface area contributed by atoms with Crippen LogP contribution in [0.15, 0.2) is 36.4 Å². The first-order chi connectivity index (χ1) is 8.61. The van der Waals surface area contributed by atoms with Crippen LogP contribution in [0.2, 0.25) is 10.0 Å². The molecule has 0 saturated heterocycles. The molecule has 0 saturated carbocycles. The van der Waals surface area contributed by atoms with Gasteiger partial charge in [0.05, 0.1) is 0 Å². The maximum Gasteiger partial charge on any atom is 0.0457 e. The maximum atomic E-state index is 6.26. The van der Waals surface area contributed by atoms with Crippen molar-refractivity contribution < 1.29 is 0 Å². The van der Waals surface area contributed by atoms with Crippen LogP contribution in [0.5, 0.6) is 0 Å². The molecule has 0 aliphatic heterocycles. The summed E-state index contributed by atoms with van der Waals surface area (Å²) in [5.41, 5.74) is 4.35. The third kappa shape index (κ3) is 2.86. The van der Waals surface area contributed by atoms with Gasteiger partial charge in [-0.05, 0) is 48.4 Å². The van der Waals surface area contributed by atoms with Gasteiger partial charge in [0.2, 0.25) is 0 Å². The molecule has 1 nitrogen and oxygen atoms in total. The smallest absolute Gasteiger partial charge is 0.0457 e. The van der Waals surface area contributed by atoms with Gasteiger partial charge < -0.3 is 5.32 Å². The highest BCUT2D eigenvalue weighted by Gasteiger charge is 2.04. The van der Waals surface area contributed by atoms with Crippen molar-refractivity contribution in [1.29, 1.82) is 0 Å². The number of aryl methyl sites for hydroxylation is 1. The Balaban J connectivity index is 2.39.